The molecule has 2 N–H and O–H groups in total. The normalized spacial score (nSPS) is 20.4. The number of ether oxygens (including phenoxy) is 1. The summed E-state index contributed by atoms with van der Waals surface area (Å²) < 4.78 is 8.55. The van der Waals surface area contributed by atoms with Crippen molar-refractivity contribution in [1.29, 1.82) is 0 Å². The van der Waals surface area contributed by atoms with Crippen LogP contribution in [0.25, 0.3) is 0 Å². The van der Waals surface area contributed by atoms with Gasteiger partial charge in [-0.1, -0.05) is 18.2 Å². The van der Waals surface area contributed by atoms with Crippen molar-refractivity contribution in [3.8, 4) is 5.75 Å². The van der Waals surface area contributed by atoms with Crippen LogP contribution in [-0.2, 0) is 6.54 Å². The van der Waals surface area contributed by atoms with Crippen LogP contribution in [0, 0.1) is 13.8 Å². The van der Waals surface area contributed by atoms with Gasteiger partial charge in [0.05, 0.1) is 11.7 Å². The standard InChI is InChI=1S/C23H33N5O/c1-17-15-18(2)28(27-17)14-8-13-25-22(24-3)26-20-16-23(11-6-7-12-23)29-21-10-5-4-9-19(20)21/h4-5,9-10,15,20H,6-8,11-14,16H2,1-3H3,(H2,24,25,26). The van der Waals surface area contributed by atoms with Crippen molar-refractivity contribution in [1.82, 2.24) is 20.4 Å². The number of aryl methyl sites for hydroxylation is 3. The quantitative estimate of drug-likeness (QED) is 0.458. The van der Waals surface area contributed by atoms with Crippen LogP contribution in [0.2, 0.25) is 0 Å². The predicted molar refractivity (Wildman–Crippen MR) is 116 cm³/mol. The van der Waals surface area contributed by atoms with Gasteiger partial charge in [-0.15, -0.1) is 0 Å². The van der Waals surface area contributed by atoms with Crippen LogP contribution in [0.15, 0.2) is 35.3 Å². The fourth-order valence-corrected chi connectivity index (χ4v) is 4.77. The summed E-state index contributed by atoms with van der Waals surface area (Å²) in [4.78, 5) is 4.47. The molecule has 156 valence electrons. The van der Waals surface area contributed by atoms with Gasteiger partial charge in [-0.05, 0) is 58.1 Å². The molecule has 0 saturated heterocycles. The zero-order valence-corrected chi connectivity index (χ0v) is 17.9. The first-order chi connectivity index (χ1) is 14.1. The Balaban J connectivity index is 1.37. The van der Waals surface area contributed by atoms with Gasteiger partial charge in [0.1, 0.15) is 11.4 Å². The Bertz CT molecular complexity index is 866. The van der Waals surface area contributed by atoms with Crippen LogP contribution in [0.3, 0.4) is 0 Å². The van der Waals surface area contributed by atoms with E-state index in [1.165, 1.54) is 24.1 Å². The fraction of sp³-hybridized carbons (Fsp3) is 0.565. The number of nitrogens with one attached hydrogen (secondary N) is 2. The molecule has 29 heavy (non-hydrogen) atoms. The predicted octanol–water partition coefficient (Wildman–Crippen LogP) is 3.89. The lowest BCUT2D eigenvalue weighted by molar-refractivity contribution is 0.0396. The zero-order chi connectivity index (χ0) is 20.3. The number of aromatic nitrogens is 2. The highest BCUT2D eigenvalue weighted by atomic mass is 16.5. The van der Waals surface area contributed by atoms with Crippen LogP contribution in [-0.4, -0.2) is 34.9 Å². The molecule has 0 bridgehead atoms. The minimum Gasteiger partial charge on any atom is -0.487 e. The number of guanidine groups is 1. The molecule has 2 aromatic rings. The van der Waals surface area contributed by atoms with Gasteiger partial charge >= 0.3 is 0 Å². The third kappa shape index (κ3) is 4.41. The fourth-order valence-electron chi connectivity index (χ4n) is 4.77. The maximum atomic E-state index is 6.48. The van der Waals surface area contributed by atoms with Crippen molar-refractivity contribution >= 4 is 5.96 Å². The lowest BCUT2D eigenvalue weighted by atomic mass is 9.86. The molecule has 4 rings (SSSR count). The van der Waals surface area contributed by atoms with E-state index in [0.29, 0.717) is 0 Å². The second-order valence-electron chi connectivity index (χ2n) is 8.43. The molecule has 0 radical (unpaired) electrons. The number of aliphatic imine (C=N–C) groups is 1. The lowest BCUT2D eigenvalue weighted by Crippen LogP contribution is -2.46. The molecule has 1 spiro atoms. The van der Waals surface area contributed by atoms with Gasteiger partial charge in [-0.3, -0.25) is 9.67 Å². The molecule has 1 aromatic carbocycles. The Hall–Kier alpha value is -2.50. The monoisotopic (exact) mass is 395 g/mol. The molecule has 1 aromatic heterocycles. The van der Waals surface area contributed by atoms with Gasteiger partial charge in [-0.25, -0.2) is 0 Å². The summed E-state index contributed by atoms with van der Waals surface area (Å²) >= 11 is 0. The van der Waals surface area contributed by atoms with Gasteiger partial charge in [0.25, 0.3) is 0 Å². The molecule has 1 saturated carbocycles. The summed E-state index contributed by atoms with van der Waals surface area (Å²) in [6.45, 7) is 5.91. The van der Waals surface area contributed by atoms with Crippen LogP contribution in [0.1, 0.15) is 61.5 Å². The van der Waals surface area contributed by atoms with Crippen molar-refractivity contribution in [3.63, 3.8) is 0 Å². The van der Waals surface area contributed by atoms with Gasteiger partial charge < -0.3 is 15.4 Å². The Morgan fingerprint density at radius 2 is 2.07 bits per heavy atom. The second kappa shape index (κ2) is 8.47. The smallest absolute Gasteiger partial charge is 0.191 e. The minimum absolute atomic E-state index is 0.0135. The van der Waals surface area contributed by atoms with E-state index in [0.717, 1.165) is 56.2 Å². The average molecular weight is 396 g/mol. The summed E-state index contributed by atoms with van der Waals surface area (Å²) in [6.07, 6.45) is 6.80. The number of hydrogen-bond acceptors (Lipinski definition) is 3. The minimum atomic E-state index is -0.0135. The van der Waals surface area contributed by atoms with Crippen LogP contribution < -0.4 is 15.4 Å². The Morgan fingerprint density at radius 1 is 1.28 bits per heavy atom. The van der Waals surface area contributed by atoms with Gasteiger partial charge in [-0.2, -0.15) is 5.10 Å². The van der Waals surface area contributed by atoms with E-state index in [9.17, 15) is 0 Å². The highest BCUT2D eigenvalue weighted by Gasteiger charge is 2.43. The molecule has 6 heteroatoms. The van der Waals surface area contributed by atoms with Crippen molar-refractivity contribution in [2.75, 3.05) is 13.6 Å². The Labute approximate surface area is 173 Å². The largest absolute Gasteiger partial charge is 0.487 e. The van der Waals surface area contributed by atoms with Crippen molar-refractivity contribution < 1.29 is 4.74 Å². The van der Waals surface area contributed by atoms with Gasteiger partial charge in [0, 0.05) is 37.8 Å². The number of benzene rings is 1. The molecule has 6 nitrogen and oxygen atoms in total. The topological polar surface area (TPSA) is 63.5 Å². The van der Waals surface area contributed by atoms with Gasteiger partial charge in [0.2, 0.25) is 0 Å². The summed E-state index contributed by atoms with van der Waals surface area (Å²) in [7, 11) is 1.84. The molecule has 1 aliphatic carbocycles. The number of rotatable bonds is 5. The molecular weight excluding hydrogens is 362 g/mol. The molecule has 2 aliphatic rings. The number of para-hydroxylation sites is 1. The lowest BCUT2D eigenvalue weighted by Gasteiger charge is -2.40. The summed E-state index contributed by atoms with van der Waals surface area (Å²) in [5.41, 5.74) is 3.51. The highest BCUT2D eigenvalue weighted by Crippen LogP contribution is 2.46. The molecule has 1 fully saturated rings. The number of hydrogen-bond donors (Lipinski definition) is 2. The van der Waals surface area contributed by atoms with E-state index in [1.807, 2.05) is 14.0 Å². The number of fused-ring (bicyclic) bond motifs is 1. The average Bonchev–Trinajstić information content (AvgIpc) is 3.29. The third-order valence-corrected chi connectivity index (χ3v) is 6.19. The summed E-state index contributed by atoms with van der Waals surface area (Å²) in [5.74, 6) is 1.88. The van der Waals surface area contributed by atoms with E-state index < -0.39 is 0 Å². The Kier molecular flexibility index (Phi) is 5.79. The van der Waals surface area contributed by atoms with Gasteiger partial charge in [0.15, 0.2) is 5.96 Å². The highest BCUT2D eigenvalue weighted by molar-refractivity contribution is 5.80. The van der Waals surface area contributed by atoms with Crippen molar-refractivity contribution in [2.24, 2.45) is 4.99 Å². The van der Waals surface area contributed by atoms with E-state index in [4.69, 9.17) is 4.74 Å². The second-order valence-corrected chi connectivity index (χ2v) is 8.43. The summed E-state index contributed by atoms with van der Waals surface area (Å²) in [6, 6.07) is 10.8. The molecule has 0 amide bonds. The SMILES string of the molecule is CN=C(NCCCn1nc(C)cc1C)NC1CC2(CCCC2)Oc2ccccc21. The van der Waals surface area contributed by atoms with Crippen LogP contribution in [0.5, 0.6) is 5.75 Å². The molecule has 2 heterocycles. The van der Waals surface area contributed by atoms with E-state index >= 15 is 0 Å². The molecule has 1 aliphatic heterocycles. The van der Waals surface area contributed by atoms with E-state index in [1.54, 1.807) is 0 Å². The third-order valence-electron chi connectivity index (χ3n) is 6.19. The van der Waals surface area contributed by atoms with E-state index in [-0.39, 0.29) is 11.6 Å². The zero-order valence-electron chi connectivity index (χ0n) is 17.9. The van der Waals surface area contributed by atoms with Crippen LogP contribution >= 0.6 is 0 Å². The first-order valence-electron chi connectivity index (χ1n) is 10.8. The number of nitrogens with zero attached hydrogens (tertiary/aromatic N) is 3. The first-order valence-corrected chi connectivity index (χ1v) is 10.8. The van der Waals surface area contributed by atoms with E-state index in [2.05, 4.69) is 62.7 Å². The first kappa shape index (κ1) is 19.8. The molecular formula is C23H33N5O. The van der Waals surface area contributed by atoms with Crippen LogP contribution in [0.4, 0.5) is 0 Å². The summed E-state index contributed by atoms with van der Waals surface area (Å²) in [5, 5.41) is 11.7. The maximum absolute atomic E-state index is 6.48. The van der Waals surface area contributed by atoms with Crippen molar-refractivity contribution in [3.05, 3.63) is 47.3 Å². The maximum Gasteiger partial charge on any atom is 0.191 e. The van der Waals surface area contributed by atoms with Crippen molar-refractivity contribution in [2.45, 2.75) is 70.6 Å². The molecule has 1 atom stereocenters. The Morgan fingerprint density at radius 3 is 2.79 bits per heavy atom. The molecule has 1 unspecified atom stereocenters.